The van der Waals surface area contributed by atoms with E-state index in [4.69, 9.17) is 19.9 Å². The lowest BCUT2D eigenvalue weighted by Crippen LogP contribution is -2.20. The van der Waals surface area contributed by atoms with E-state index in [9.17, 15) is 4.39 Å². The Kier molecular flexibility index (Phi) is 5.89. The Morgan fingerprint density at radius 1 is 1.16 bits per heavy atom. The highest BCUT2D eigenvalue weighted by Crippen LogP contribution is 2.31. The van der Waals surface area contributed by atoms with Gasteiger partial charge in [0.1, 0.15) is 11.9 Å². The van der Waals surface area contributed by atoms with Crippen LogP contribution in [0, 0.1) is 5.82 Å². The molecule has 1 unspecified atom stereocenters. The number of halogens is 1. The molecular weight excluding hydrogens is 249 g/mol. The third kappa shape index (κ3) is 4.95. The summed E-state index contributed by atoms with van der Waals surface area (Å²) in [5.41, 5.74) is 5.98. The first-order chi connectivity index (χ1) is 8.93. The molecule has 1 atom stereocenters. The van der Waals surface area contributed by atoms with Gasteiger partial charge in [0.2, 0.25) is 0 Å². The molecule has 5 heteroatoms. The van der Waals surface area contributed by atoms with Crippen molar-refractivity contribution in [2.45, 2.75) is 39.9 Å². The molecule has 19 heavy (non-hydrogen) atoms. The molecule has 108 valence electrons. The van der Waals surface area contributed by atoms with E-state index >= 15 is 0 Å². The first-order valence-corrected chi connectivity index (χ1v) is 6.44. The highest BCUT2D eigenvalue weighted by atomic mass is 19.1. The molecule has 4 nitrogen and oxygen atoms in total. The molecule has 0 aliphatic carbocycles. The summed E-state index contributed by atoms with van der Waals surface area (Å²) in [7, 11) is 0. The Bertz CT molecular complexity index is 410. The summed E-state index contributed by atoms with van der Waals surface area (Å²) in [5, 5.41) is 0. The maximum Gasteiger partial charge on any atom is 0.167 e. The zero-order valence-electron chi connectivity index (χ0n) is 11.9. The Balaban J connectivity index is 2.82. The van der Waals surface area contributed by atoms with Crippen molar-refractivity contribution in [1.82, 2.24) is 0 Å². The molecule has 0 spiro atoms. The molecule has 0 saturated heterocycles. The normalized spacial score (nSPS) is 12.5. The molecule has 0 amide bonds. The number of ether oxygens (including phenoxy) is 3. The quantitative estimate of drug-likeness (QED) is 0.775. The van der Waals surface area contributed by atoms with Crippen LogP contribution in [-0.2, 0) is 4.74 Å². The van der Waals surface area contributed by atoms with E-state index in [0.29, 0.717) is 19.0 Å². The summed E-state index contributed by atoms with van der Waals surface area (Å²) in [6, 6.07) is 2.69. The Hall–Kier alpha value is -1.49. The average molecular weight is 271 g/mol. The number of benzene rings is 1. The predicted molar refractivity (Wildman–Crippen MR) is 73.2 cm³/mol. The Labute approximate surface area is 113 Å². The van der Waals surface area contributed by atoms with Crippen molar-refractivity contribution in [3.8, 4) is 11.5 Å². The van der Waals surface area contributed by atoms with Crippen LogP contribution in [0.5, 0.6) is 11.5 Å². The highest BCUT2D eigenvalue weighted by Gasteiger charge is 2.13. The number of hydrogen-bond donors (Lipinski definition) is 1. The molecule has 0 aliphatic heterocycles. The third-order valence-corrected chi connectivity index (χ3v) is 2.31. The van der Waals surface area contributed by atoms with Gasteiger partial charge in [0.15, 0.2) is 11.6 Å². The molecule has 0 aliphatic rings. The second kappa shape index (κ2) is 7.19. The first-order valence-electron chi connectivity index (χ1n) is 6.44. The van der Waals surface area contributed by atoms with Crippen LogP contribution in [0.4, 0.5) is 10.1 Å². The molecule has 1 rings (SSSR count). The summed E-state index contributed by atoms with van der Waals surface area (Å²) >= 11 is 0. The molecule has 0 radical (unpaired) electrons. The van der Waals surface area contributed by atoms with Crippen molar-refractivity contribution in [2.24, 2.45) is 0 Å². The van der Waals surface area contributed by atoms with Gasteiger partial charge in [-0.05, 0) is 27.7 Å². The molecule has 2 N–H and O–H groups in total. The van der Waals surface area contributed by atoms with E-state index < -0.39 is 5.82 Å². The second-order valence-electron chi connectivity index (χ2n) is 4.57. The molecule has 0 saturated carbocycles. The molecular formula is C14H22FNO3. The van der Waals surface area contributed by atoms with Crippen molar-refractivity contribution in [3.63, 3.8) is 0 Å². The Morgan fingerprint density at radius 2 is 1.84 bits per heavy atom. The standard InChI is InChI=1S/C14H22FNO3/c1-5-17-8-10(4)19-14-7-13(18-9(2)3)11(15)6-12(14)16/h6-7,9-10H,5,8,16H2,1-4H3. The van der Waals surface area contributed by atoms with Gasteiger partial charge in [-0.1, -0.05) is 0 Å². The first kappa shape index (κ1) is 15.6. The lowest BCUT2D eigenvalue weighted by atomic mass is 10.2. The van der Waals surface area contributed by atoms with Crippen molar-refractivity contribution < 1.29 is 18.6 Å². The summed E-state index contributed by atoms with van der Waals surface area (Å²) in [4.78, 5) is 0. The minimum absolute atomic E-state index is 0.119. The van der Waals surface area contributed by atoms with Crippen LogP contribution < -0.4 is 15.2 Å². The number of rotatable bonds is 7. The molecule has 0 heterocycles. The van der Waals surface area contributed by atoms with E-state index in [1.54, 1.807) is 0 Å². The van der Waals surface area contributed by atoms with Gasteiger partial charge < -0.3 is 19.9 Å². The maximum absolute atomic E-state index is 13.6. The molecule has 0 bridgehead atoms. The van der Waals surface area contributed by atoms with Gasteiger partial charge >= 0.3 is 0 Å². The van der Waals surface area contributed by atoms with Gasteiger partial charge in [0.05, 0.1) is 18.4 Å². The fourth-order valence-corrected chi connectivity index (χ4v) is 1.53. The van der Waals surface area contributed by atoms with E-state index in [-0.39, 0.29) is 23.6 Å². The molecule has 0 aromatic heterocycles. The Morgan fingerprint density at radius 3 is 2.42 bits per heavy atom. The van der Waals surface area contributed by atoms with E-state index in [2.05, 4.69) is 0 Å². The summed E-state index contributed by atoms with van der Waals surface area (Å²) in [5.74, 6) is 0.0584. The largest absolute Gasteiger partial charge is 0.488 e. The van der Waals surface area contributed by atoms with Gasteiger partial charge in [-0.15, -0.1) is 0 Å². The molecule has 1 aromatic carbocycles. The van der Waals surface area contributed by atoms with Gasteiger partial charge in [-0.2, -0.15) is 0 Å². The number of nitrogen functional groups attached to an aromatic ring is 1. The zero-order chi connectivity index (χ0) is 14.4. The monoisotopic (exact) mass is 271 g/mol. The van der Waals surface area contributed by atoms with E-state index in [1.807, 2.05) is 27.7 Å². The summed E-state index contributed by atoms with van der Waals surface area (Å²) in [6.07, 6.45) is -0.286. The molecule has 0 fully saturated rings. The minimum Gasteiger partial charge on any atom is -0.488 e. The maximum atomic E-state index is 13.6. The van der Waals surface area contributed by atoms with Gasteiger partial charge in [-0.25, -0.2) is 4.39 Å². The van der Waals surface area contributed by atoms with Crippen LogP contribution in [0.3, 0.4) is 0 Å². The van der Waals surface area contributed by atoms with Crippen LogP contribution in [-0.4, -0.2) is 25.4 Å². The van der Waals surface area contributed by atoms with Crippen molar-refractivity contribution in [1.29, 1.82) is 0 Å². The SMILES string of the molecule is CCOCC(C)Oc1cc(OC(C)C)c(F)cc1N. The third-order valence-electron chi connectivity index (χ3n) is 2.31. The van der Waals surface area contributed by atoms with Crippen LogP contribution in [0.2, 0.25) is 0 Å². The van der Waals surface area contributed by atoms with Gasteiger partial charge in [0, 0.05) is 18.7 Å². The summed E-state index contributed by atoms with van der Waals surface area (Å²) in [6.45, 7) is 8.50. The van der Waals surface area contributed by atoms with Gasteiger partial charge in [-0.3, -0.25) is 0 Å². The van der Waals surface area contributed by atoms with E-state index in [1.165, 1.54) is 12.1 Å². The van der Waals surface area contributed by atoms with Crippen molar-refractivity contribution in [3.05, 3.63) is 17.9 Å². The summed E-state index contributed by atoms with van der Waals surface area (Å²) < 4.78 is 29.9. The zero-order valence-corrected chi connectivity index (χ0v) is 11.9. The fraction of sp³-hybridized carbons (Fsp3) is 0.571. The van der Waals surface area contributed by atoms with Crippen LogP contribution in [0.15, 0.2) is 12.1 Å². The predicted octanol–water partition coefficient (Wildman–Crippen LogP) is 3.00. The minimum atomic E-state index is -0.490. The van der Waals surface area contributed by atoms with Crippen molar-refractivity contribution >= 4 is 5.69 Å². The smallest absolute Gasteiger partial charge is 0.167 e. The van der Waals surface area contributed by atoms with Gasteiger partial charge in [0.25, 0.3) is 0 Å². The van der Waals surface area contributed by atoms with Crippen LogP contribution >= 0.6 is 0 Å². The highest BCUT2D eigenvalue weighted by molar-refractivity contribution is 5.56. The second-order valence-corrected chi connectivity index (χ2v) is 4.57. The lowest BCUT2D eigenvalue weighted by molar-refractivity contribution is 0.0658. The topological polar surface area (TPSA) is 53.7 Å². The fourth-order valence-electron chi connectivity index (χ4n) is 1.53. The number of anilines is 1. The number of nitrogens with two attached hydrogens (primary N) is 1. The van der Waals surface area contributed by atoms with Crippen molar-refractivity contribution in [2.75, 3.05) is 18.9 Å². The average Bonchev–Trinajstić information content (AvgIpc) is 2.32. The van der Waals surface area contributed by atoms with Crippen LogP contribution in [0.25, 0.3) is 0 Å². The van der Waals surface area contributed by atoms with E-state index in [0.717, 1.165) is 0 Å². The number of hydrogen-bond acceptors (Lipinski definition) is 4. The lowest BCUT2D eigenvalue weighted by Gasteiger charge is -2.18. The molecule has 1 aromatic rings. The van der Waals surface area contributed by atoms with Crippen LogP contribution in [0.1, 0.15) is 27.7 Å².